The molecule has 3 heteroatoms. The fourth-order valence-electron chi connectivity index (χ4n) is 24.4. The molecule has 7 saturated carbocycles. The molecule has 7 aromatic rings. The first-order chi connectivity index (χ1) is 63.6. The second kappa shape index (κ2) is 46.2. The molecule has 770 valence electrons. The minimum Gasteiger partial charge on any atom is -0.491 e. The number of hydrogen-bond donors (Lipinski definition) is 0. The lowest BCUT2D eigenvalue weighted by Crippen LogP contribution is -2.20. The third kappa shape index (κ3) is 30.8. The van der Waals surface area contributed by atoms with E-state index >= 15 is 0 Å². The number of ether oxygens (including phenoxy) is 2. The predicted molar refractivity (Wildman–Crippen MR) is 606 cm³/mol. The molecule has 0 N–H and O–H groups in total. The Morgan fingerprint density at radius 3 is 0.659 bits per heavy atom. The Morgan fingerprint density at radius 2 is 0.428 bits per heavy atom. The van der Waals surface area contributed by atoms with E-state index in [1.165, 1.54) is 161 Å². The first kappa shape index (κ1) is 116. The van der Waals surface area contributed by atoms with E-state index in [9.17, 15) is 4.39 Å². The van der Waals surface area contributed by atoms with Crippen LogP contribution >= 0.6 is 0 Å². The van der Waals surface area contributed by atoms with E-state index in [-0.39, 0.29) is 38.6 Å². The van der Waals surface area contributed by atoms with Crippen molar-refractivity contribution in [3.63, 3.8) is 0 Å². The van der Waals surface area contributed by atoms with E-state index in [1.807, 2.05) is 6.07 Å². The Balaban J connectivity index is 0.000000180. The predicted octanol–water partition coefficient (Wildman–Crippen LogP) is 41.4. The van der Waals surface area contributed by atoms with Gasteiger partial charge >= 0.3 is 0 Å². The van der Waals surface area contributed by atoms with Crippen LogP contribution < -0.4 is 9.47 Å². The van der Waals surface area contributed by atoms with E-state index in [1.54, 1.807) is 100 Å². The highest BCUT2D eigenvalue weighted by Crippen LogP contribution is 2.56. The molecule has 0 bridgehead atoms. The van der Waals surface area contributed by atoms with Gasteiger partial charge in [0.05, 0.1) is 6.10 Å². The Bertz CT molecular complexity index is 4820. The SMILES string of the molecule is CC(C)Oc1cc(C(C)C)c(C(C)(C)C)c(C(C)C2CC2)c1.CC(C)c1cccc(C(C)C2CC2)c1C(C)(C)C.CC(F)Oc1cc(C(C)C)c(C(C)(C)C)c(C(C)C2CC2)c1.Cc1cc(C(C)C)c(C(C)(C)C)c(C(C)C2CC2)c1.Cc1cc(C(C)C)c(C(C)(C)C)c(C(C)C2CC2)c1.Cc1cc(C(C)C)c(C(C)(C)C)c(C(C)C2CC2)c1.Cc1cc(C(C)C2CC2)c(C(C)(C)C)c2c1CCC2. The molecule has 8 aliphatic rings. The van der Waals surface area contributed by atoms with Crippen LogP contribution in [0.5, 0.6) is 11.5 Å². The Kier molecular flexibility index (Phi) is 38.7. The van der Waals surface area contributed by atoms with E-state index in [0.717, 1.165) is 76.8 Å². The van der Waals surface area contributed by atoms with Crippen LogP contribution in [0.2, 0.25) is 0 Å². The van der Waals surface area contributed by atoms with Gasteiger partial charge in [-0.05, 0) is 459 Å². The molecule has 0 spiro atoms. The van der Waals surface area contributed by atoms with Crippen molar-refractivity contribution in [2.24, 2.45) is 41.4 Å². The normalized spacial score (nSPS) is 18.3. The number of hydrogen-bond acceptors (Lipinski definition) is 2. The summed E-state index contributed by atoms with van der Waals surface area (Å²) in [5.74, 6) is 16.3. The molecular weight excluding hydrogens is 1670 g/mol. The lowest BCUT2D eigenvalue weighted by atomic mass is 9.74. The van der Waals surface area contributed by atoms with Gasteiger partial charge in [0, 0.05) is 6.92 Å². The average molecular weight is 1890 g/mol. The van der Waals surface area contributed by atoms with Crippen molar-refractivity contribution in [1.82, 2.24) is 0 Å². The Morgan fingerprint density at radius 1 is 0.232 bits per heavy atom. The van der Waals surface area contributed by atoms with Crippen LogP contribution in [0.3, 0.4) is 0 Å². The van der Waals surface area contributed by atoms with Crippen LogP contribution in [-0.2, 0) is 50.7 Å². The summed E-state index contributed by atoms with van der Waals surface area (Å²) in [4.78, 5) is 0. The van der Waals surface area contributed by atoms with E-state index in [4.69, 9.17) is 9.47 Å². The molecule has 8 unspecified atom stereocenters. The smallest absolute Gasteiger partial charge is 0.235 e. The fourth-order valence-corrected chi connectivity index (χ4v) is 24.4. The Labute approximate surface area is 852 Å². The van der Waals surface area contributed by atoms with Crippen LogP contribution in [0.15, 0.2) is 84.9 Å². The number of benzene rings is 7. The van der Waals surface area contributed by atoms with Crippen LogP contribution in [0.1, 0.15) is 616 Å². The lowest BCUT2D eigenvalue weighted by molar-refractivity contribution is 0.0857. The molecule has 0 aromatic heterocycles. The summed E-state index contributed by atoms with van der Waals surface area (Å²) in [5.41, 5.74) is 42.0. The van der Waals surface area contributed by atoms with Crippen molar-refractivity contribution in [1.29, 1.82) is 0 Å². The van der Waals surface area contributed by atoms with Gasteiger partial charge in [0.15, 0.2) is 0 Å². The van der Waals surface area contributed by atoms with Gasteiger partial charge < -0.3 is 9.47 Å². The zero-order valence-electron chi connectivity index (χ0n) is 98.5. The summed E-state index contributed by atoms with van der Waals surface area (Å²) in [6, 6.07) is 32.8. The van der Waals surface area contributed by atoms with Gasteiger partial charge in [0.25, 0.3) is 0 Å². The lowest BCUT2D eigenvalue weighted by Gasteiger charge is -2.31. The number of alkyl halides is 1. The average Bonchev–Trinajstić information content (AvgIpc) is 1.59. The molecular formula is C135H211FO2. The molecule has 8 aliphatic carbocycles. The first-order valence-electron chi connectivity index (χ1n) is 56.7. The van der Waals surface area contributed by atoms with Gasteiger partial charge in [-0.25, -0.2) is 4.39 Å². The topological polar surface area (TPSA) is 18.5 Å². The molecule has 0 aliphatic heterocycles. The van der Waals surface area contributed by atoms with Crippen LogP contribution in [-0.4, -0.2) is 12.5 Å². The van der Waals surface area contributed by atoms with E-state index in [2.05, 4.69) is 397 Å². The van der Waals surface area contributed by atoms with Crippen molar-refractivity contribution in [3.8, 4) is 11.5 Å². The third-order valence-corrected chi connectivity index (χ3v) is 32.6. The summed E-state index contributed by atoms with van der Waals surface area (Å²) in [7, 11) is 0. The zero-order valence-corrected chi connectivity index (χ0v) is 98.5. The monoisotopic (exact) mass is 1880 g/mol. The third-order valence-electron chi connectivity index (χ3n) is 32.6. The standard InChI is InChI=1S/C21H34O.C20H31FO.C19H28.3C19H30.C18H28/c1-13(2)18-11-17(22-14(3)4)12-19(15(5)16-9-10-16)20(18)21(6,7)8;1-12(2)17-10-16(22-14(4)21)11-18(13(3)15-8-9-15)19(17)20(5,6)7;1-12-11-17(13(2)14-9-10-14)18(19(3,4)5)16-8-6-7-15(12)16;3*1-12(2)16-10-13(3)11-17(14(4)15-8-9-15)18(16)19(5,6)7;1-12(2)15-8-7-9-16(13(3)14-10-11-14)17(15)18(4,5)6/h11-16H,9-10H2,1-8H3;10-15H,8-9H2,1-7H3;11,13-14H,6-10H2,1-5H3;3*10-12,14-15H,8-9H2,1-7H3;7-9,12-14H,10-11H2,1-6H3. The summed E-state index contributed by atoms with van der Waals surface area (Å²) in [5, 5.41) is 0. The van der Waals surface area contributed by atoms with Gasteiger partial charge in [0.1, 0.15) is 11.5 Å². The molecule has 8 atom stereocenters. The van der Waals surface area contributed by atoms with Gasteiger partial charge in [-0.3, -0.25) is 0 Å². The maximum Gasteiger partial charge on any atom is 0.235 e. The first-order valence-corrected chi connectivity index (χ1v) is 56.7. The van der Waals surface area contributed by atoms with Crippen molar-refractivity contribution in [2.75, 3.05) is 0 Å². The van der Waals surface area contributed by atoms with Crippen molar-refractivity contribution < 1.29 is 13.9 Å². The van der Waals surface area contributed by atoms with Gasteiger partial charge in [0.2, 0.25) is 6.36 Å². The summed E-state index contributed by atoms with van der Waals surface area (Å²) < 4.78 is 24.8. The second-order valence-electron chi connectivity index (χ2n) is 55.6. The number of aryl methyl sites for hydroxylation is 4. The van der Waals surface area contributed by atoms with Crippen LogP contribution in [0.4, 0.5) is 4.39 Å². The quantitative estimate of drug-likeness (QED) is 0.0600. The van der Waals surface area contributed by atoms with Crippen molar-refractivity contribution >= 4 is 0 Å². The molecule has 2 nitrogen and oxygen atoms in total. The number of fused-ring (bicyclic) bond motifs is 1. The second-order valence-corrected chi connectivity index (χ2v) is 55.6. The van der Waals surface area contributed by atoms with Crippen molar-refractivity contribution in [3.05, 3.63) is 230 Å². The van der Waals surface area contributed by atoms with Crippen LogP contribution in [0, 0.1) is 69.1 Å². The molecule has 0 heterocycles. The maximum atomic E-state index is 13.3. The minimum atomic E-state index is -1.27. The molecule has 15 rings (SSSR count). The number of rotatable bonds is 24. The highest BCUT2D eigenvalue weighted by molar-refractivity contribution is 5.56. The fraction of sp³-hybridized carbons (Fsp3) is 0.689. The highest BCUT2D eigenvalue weighted by atomic mass is 19.1. The summed E-state index contributed by atoms with van der Waals surface area (Å²) in [6.45, 7) is 109. The minimum absolute atomic E-state index is 0.0813. The van der Waals surface area contributed by atoms with E-state index < -0.39 is 6.36 Å². The van der Waals surface area contributed by atoms with Crippen LogP contribution in [0.25, 0.3) is 0 Å². The van der Waals surface area contributed by atoms with Gasteiger partial charge in [-0.15, -0.1) is 0 Å². The largest absolute Gasteiger partial charge is 0.491 e. The molecule has 138 heavy (non-hydrogen) atoms. The molecule has 0 radical (unpaired) electrons. The maximum absolute atomic E-state index is 13.3. The molecule has 0 saturated heterocycles. The molecule has 7 fully saturated rings. The van der Waals surface area contributed by atoms with Gasteiger partial charge in [-0.1, -0.05) is 354 Å². The zero-order chi connectivity index (χ0) is 104. The molecule has 7 aromatic carbocycles. The summed E-state index contributed by atoms with van der Waals surface area (Å²) >= 11 is 0. The highest BCUT2D eigenvalue weighted by Gasteiger charge is 2.43. The Hall–Kier alpha value is -5.93. The van der Waals surface area contributed by atoms with Gasteiger partial charge in [-0.2, -0.15) is 0 Å². The summed E-state index contributed by atoms with van der Waals surface area (Å²) in [6.07, 6.45) is 22.6. The molecule has 0 amide bonds. The number of halogens is 1. The van der Waals surface area contributed by atoms with Crippen molar-refractivity contribution in [2.45, 2.75) is 562 Å². The van der Waals surface area contributed by atoms with E-state index in [0.29, 0.717) is 58.5 Å².